The van der Waals surface area contributed by atoms with Crippen LogP contribution in [0.4, 0.5) is 0 Å². The van der Waals surface area contributed by atoms with Gasteiger partial charge < -0.3 is 0 Å². The fourth-order valence-electron chi connectivity index (χ4n) is 0.790. The minimum absolute atomic E-state index is 0.428. The first kappa shape index (κ1) is 9.71. The van der Waals surface area contributed by atoms with Gasteiger partial charge in [-0.2, -0.15) is 0 Å². The van der Waals surface area contributed by atoms with Crippen molar-refractivity contribution in [2.45, 2.75) is 6.54 Å². The molecule has 0 aliphatic rings. The number of rotatable bonds is 2. The van der Waals surface area contributed by atoms with Gasteiger partial charge in [0.1, 0.15) is 6.54 Å². The quantitative estimate of drug-likeness (QED) is 0.713. The molecule has 1 aromatic rings. The number of benzene rings is 1. The lowest BCUT2D eigenvalue weighted by Gasteiger charge is -2.09. The molecular formula is C7H7Br3N+. The summed E-state index contributed by atoms with van der Waals surface area (Å²) in [5.41, 5.74) is 1.26. The fourth-order valence-corrected chi connectivity index (χ4v) is 1.66. The molecular weight excluding hydrogens is 338 g/mol. The molecule has 0 aromatic heterocycles. The lowest BCUT2D eigenvalue weighted by Crippen LogP contribution is -2.09. The molecule has 0 aliphatic carbocycles. The van der Waals surface area contributed by atoms with E-state index in [1.54, 1.807) is 0 Å². The molecule has 0 unspecified atom stereocenters. The molecule has 1 rings (SSSR count). The normalized spacial score (nSPS) is 11.5. The summed E-state index contributed by atoms with van der Waals surface area (Å²) in [5.74, 6) is 0. The van der Waals surface area contributed by atoms with Crippen LogP contribution in [0.3, 0.4) is 0 Å². The Labute approximate surface area is 92.0 Å². The summed E-state index contributed by atoms with van der Waals surface area (Å²) in [6.07, 6.45) is 0. The van der Waals surface area contributed by atoms with Crippen LogP contribution >= 0.6 is 48.4 Å². The lowest BCUT2D eigenvalue weighted by atomic mass is 10.2. The van der Waals surface area contributed by atoms with E-state index >= 15 is 0 Å². The third-order valence-electron chi connectivity index (χ3n) is 1.20. The van der Waals surface area contributed by atoms with E-state index < -0.39 is 0 Å². The van der Waals surface area contributed by atoms with Crippen molar-refractivity contribution in [3.05, 3.63) is 35.9 Å². The average Bonchev–Trinajstić information content (AvgIpc) is 1.85. The van der Waals surface area contributed by atoms with Crippen LogP contribution in [0.2, 0.25) is 0 Å². The monoisotopic (exact) mass is 342 g/mol. The van der Waals surface area contributed by atoms with Gasteiger partial charge in [0.15, 0.2) is 0 Å². The molecule has 0 fully saturated rings. The summed E-state index contributed by atoms with van der Waals surface area (Å²) in [6, 6.07) is 10.2. The molecule has 0 saturated heterocycles. The van der Waals surface area contributed by atoms with Gasteiger partial charge in [-0.3, -0.25) is 0 Å². The highest BCUT2D eigenvalue weighted by Crippen LogP contribution is 2.32. The molecule has 0 amide bonds. The van der Waals surface area contributed by atoms with Gasteiger partial charge in [0.2, 0.25) is 0 Å². The second-order valence-electron chi connectivity index (χ2n) is 2.19. The van der Waals surface area contributed by atoms with Crippen LogP contribution in [0, 0.1) is 0 Å². The minimum Gasteiger partial charge on any atom is -0.119 e. The highest BCUT2D eigenvalue weighted by Gasteiger charge is 2.18. The van der Waals surface area contributed by atoms with Crippen molar-refractivity contribution < 1.29 is 1.56 Å². The first-order valence-electron chi connectivity index (χ1n) is 3.09. The standard InChI is InChI=1S/C7H7Br3N/c8-11(9,10)6-7-4-2-1-3-5-7/h1-5H,6H2/q+1. The Hall–Kier alpha value is 0.620. The Morgan fingerprint density at radius 1 is 1.00 bits per heavy atom. The van der Waals surface area contributed by atoms with Gasteiger partial charge in [0.05, 0.1) is 0 Å². The van der Waals surface area contributed by atoms with Crippen LogP contribution in [-0.2, 0) is 6.54 Å². The Balaban J connectivity index is 2.66. The van der Waals surface area contributed by atoms with E-state index in [4.69, 9.17) is 0 Å². The van der Waals surface area contributed by atoms with Crippen molar-refractivity contribution in [3.63, 3.8) is 0 Å². The molecule has 1 aromatic carbocycles. The van der Waals surface area contributed by atoms with E-state index in [1.165, 1.54) is 5.56 Å². The lowest BCUT2D eigenvalue weighted by molar-refractivity contribution is -0.437. The first-order chi connectivity index (χ1) is 5.08. The zero-order valence-corrected chi connectivity index (χ0v) is 10.4. The van der Waals surface area contributed by atoms with Gasteiger partial charge in [0, 0.05) is 5.56 Å². The summed E-state index contributed by atoms with van der Waals surface area (Å²) >= 11 is 10.2. The molecule has 0 aliphatic heterocycles. The summed E-state index contributed by atoms with van der Waals surface area (Å²) in [7, 11) is 0. The van der Waals surface area contributed by atoms with Crippen molar-refractivity contribution in [1.82, 2.24) is 0 Å². The second kappa shape index (κ2) is 4.03. The number of nitrogens with zero attached hydrogens (tertiary/aromatic N) is 1. The van der Waals surface area contributed by atoms with E-state index in [9.17, 15) is 0 Å². The van der Waals surface area contributed by atoms with Gasteiger partial charge >= 0.3 is 0 Å². The number of quaternary nitrogens is 1. The Bertz CT molecular complexity index is 217. The molecule has 4 heteroatoms. The fraction of sp³-hybridized carbons (Fsp3) is 0.143. The predicted molar refractivity (Wildman–Crippen MR) is 57.2 cm³/mol. The van der Waals surface area contributed by atoms with Gasteiger partial charge in [-0.05, 0) is 0 Å². The Morgan fingerprint density at radius 3 is 2.00 bits per heavy atom. The third kappa shape index (κ3) is 4.25. The molecule has 0 N–H and O–H groups in total. The van der Waals surface area contributed by atoms with Crippen molar-refractivity contribution in [2.75, 3.05) is 0 Å². The number of hydrogen-bond acceptors (Lipinski definition) is 0. The van der Waals surface area contributed by atoms with E-state index in [-0.39, 0.29) is 0 Å². The summed E-state index contributed by atoms with van der Waals surface area (Å²) in [4.78, 5) is 0. The largest absolute Gasteiger partial charge is 0.252 e. The topological polar surface area (TPSA) is 0 Å². The smallest absolute Gasteiger partial charge is 0.119 e. The van der Waals surface area contributed by atoms with Gasteiger partial charge in [-0.25, -0.2) is 0 Å². The van der Waals surface area contributed by atoms with Crippen LogP contribution in [0.15, 0.2) is 30.3 Å². The number of hydrogen-bond donors (Lipinski definition) is 0. The van der Waals surface area contributed by atoms with Crippen molar-refractivity contribution in [1.29, 1.82) is 0 Å². The SMILES string of the molecule is Br[N+](Br)(Br)Cc1ccccc1. The summed E-state index contributed by atoms with van der Waals surface area (Å²) < 4.78 is 0.428. The van der Waals surface area contributed by atoms with Gasteiger partial charge in [-0.1, -0.05) is 30.3 Å². The van der Waals surface area contributed by atoms with Gasteiger partial charge in [-0.15, -0.1) is 1.56 Å². The summed E-state index contributed by atoms with van der Waals surface area (Å²) in [6.45, 7) is 0.848. The molecule has 0 saturated carbocycles. The van der Waals surface area contributed by atoms with Crippen molar-refractivity contribution >= 4 is 48.4 Å². The molecule has 0 heterocycles. The Morgan fingerprint density at radius 2 is 1.55 bits per heavy atom. The highest BCUT2D eigenvalue weighted by molar-refractivity contribution is 9.27. The third-order valence-corrected chi connectivity index (χ3v) is 1.96. The van der Waals surface area contributed by atoms with Gasteiger partial charge in [0.25, 0.3) is 48.4 Å². The van der Waals surface area contributed by atoms with Crippen LogP contribution in [0.1, 0.15) is 5.56 Å². The second-order valence-corrected chi connectivity index (χ2v) is 8.68. The van der Waals surface area contributed by atoms with Crippen LogP contribution in [0.5, 0.6) is 0 Å². The van der Waals surface area contributed by atoms with E-state index in [0.717, 1.165) is 6.54 Å². The Kier molecular flexibility index (Phi) is 3.55. The molecule has 0 bridgehead atoms. The average molecular weight is 345 g/mol. The molecule has 60 valence electrons. The highest BCUT2D eigenvalue weighted by atomic mass is 80.0. The number of halogens is 3. The molecule has 0 radical (unpaired) electrons. The predicted octanol–water partition coefficient (Wildman–Crippen LogP) is 3.93. The maximum Gasteiger partial charge on any atom is 0.252 e. The van der Waals surface area contributed by atoms with Crippen molar-refractivity contribution in [2.24, 2.45) is 0 Å². The van der Waals surface area contributed by atoms with Crippen molar-refractivity contribution in [3.8, 4) is 0 Å². The zero-order chi connectivity index (χ0) is 8.32. The van der Waals surface area contributed by atoms with Crippen LogP contribution in [0.25, 0.3) is 0 Å². The minimum atomic E-state index is 0.428. The van der Waals surface area contributed by atoms with Crippen LogP contribution < -0.4 is 0 Å². The zero-order valence-electron chi connectivity index (χ0n) is 5.67. The molecule has 11 heavy (non-hydrogen) atoms. The first-order valence-corrected chi connectivity index (χ1v) is 5.22. The molecule has 0 spiro atoms. The molecule has 1 nitrogen and oxygen atoms in total. The van der Waals surface area contributed by atoms with E-state index in [2.05, 4.69) is 60.6 Å². The maximum atomic E-state index is 3.39. The van der Waals surface area contributed by atoms with E-state index in [1.807, 2.05) is 18.2 Å². The van der Waals surface area contributed by atoms with Crippen LogP contribution in [-0.4, -0.2) is 1.56 Å². The summed E-state index contributed by atoms with van der Waals surface area (Å²) in [5, 5.41) is 0. The molecule has 0 atom stereocenters. The maximum absolute atomic E-state index is 3.39. The van der Waals surface area contributed by atoms with E-state index in [0.29, 0.717) is 1.56 Å².